The lowest BCUT2D eigenvalue weighted by Crippen LogP contribution is -2.42. The Kier molecular flexibility index (Phi) is 9.02. The molecule has 3 aromatic carbocycles. The highest BCUT2D eigenvalue weighted by Crippen LogP contribution is 2.38. The van der Waals surface area contributed by atoms with E-state index in [1.54, 1.807) is 12.1 Å². The number of imide groups is 1. The molecule has 7 heteroatoms. The van der Waals surface area contributed by atoms with E-state index in [-0.39, 0.29) is 55.3 Å². The number of amides is 3. The van der Waals surface area contributed by atoms with Crippen molar-refractivity contribution < 1.29 is 23.9 Å². The number of nitrogens with zero attached hydrogens (tertiary/aromatic N) is 2. The van der Waals surface area contributed by atoms with Gasteiger partial charge in [-0.15, -0.1) is 0 Å². The first-order valence-electron chi connectivity index (χ1n) is 13.5. The average Bonchev–Trinajstić information content (AvgIpc) is 3.17. The zero-order valence-electron chi connectivity index (χ0n) is 23.1. The molecule has 0 fully saturated rings. The molecule has 1 aliphatic rings. The van der Waals surface area contributed by atoms with Crippen LogP contribution in [0.2, 0.25) is 0 Å². The maximum atomic E-state index is 13.6. The Morgan fingerprint density at radius 1 is 0.718 bits per heavy atom. The van der Waals surface area contributed by atoms with Crippen molar-refractivity contribution in [1.29, 1.82) is 0 Å². The normalized spacial score (nSPS) is 12.7. The Morgan fingerprint density at radius 2 is 1.15 bits per heavy atom. The van der Waals surface area contributed by atoms with Gasteiger partial charge < -0.3 is 14.4 Å². The summed E-state index contributed by atoms with van der Waals surface area (Å²) in [6.45, 7) is 8.58. The number of hydrogen-bond donors (Lipinski definition) is 0. The Labute approximate surface area is 230 Å². The van der Waals surface area contributed by atoms with Crippen molar-refractivity contribution in [3.05, 3.63) is 95.1 Å². The summed E-state index contributed by atoms with van der Waals surface area (Å²) in [5, 5.41) is 0. The molecule has 4 rings (SSSR count). The lowest BCUT2D eigenvalue weighted by molar-refractivity contribution is -0.134. The van der Waals surface area contributed by atoms with Gasteiger partial charge >= 0.3 is 0 Å². The zero-order chi connectivity index (χ0) is 27.9. The maximum absolute atomic E-state index is 13.6. The fourth-order valence-corrected chi connectivity index (χ4v) is 4.96. The number of fused-ring (bicyclic) bond motifs is 1. The summed E-state index contributed by atoms with van der Waals surface area (Å²) in [6.07, 6.45) is 0.624. The lowest BCUT2D eigenvalue weighted by Gasteiger charge is -2.31. The van der Waals surface area contributed by atoms with Gasteiger partial charge in [-0.3, -0.25) is 19.3 Å². The highest BCUT2D eigenvalue weighted by atomic mass is 16.5. The van der Waals surface area contributed by atoms with Gasteiger partial charge in [-0.25, -0.2) is 0 Å². The zero-order valence-corrected chi connectivity index (χ0v) is 23.1. The van der Waals surface area contributed by atoms with Gasteiger partial charge in [0, 0.05) is 25.0 Å². The van der Waals surface area contributed by atoms with Gasteiger partial charge in [-0.1, -0.05) is 60.7 Å². The van der Waals surface area contributed by atoms with E-state index < -0.39 is 11.8 Å². The van der Waals surface area contributed by atoms with E-state index in [0.29, 0.717) is 17.9 Å². The van der Waals surface area contributed by atoms with Gasteiger partial charge in [-0.05, 0) is 57.4 Å². The molecule has 0 aliphatic carbocycles. The molecular formula is C32H36N2O5. The van der Waals surface area contributed by atoms with E-state index in [2.05, 4.69) is 0 Å². The summed E-state index contributed by atoms with van der Waals surface area (Å²) in [5.74, 6) is -0.178. The van der Waals surface area contributed by atoms with Crippen molar-refractivity contribution in [3.63, 3.8) is 0 Å². The van der Waals surface area contributed by atoms with Crippen molar-refractivity contribution in [2.75, 3.05) is 6.54 Å². The molecule has 0 atom stereocenters. The van der Waals surface area contributed by atoms with Crippen LogP contribution in [0.1, 0.15) is 72.4 Å². The maximum Gasteiger partial charge on any atom is 0.265 e. The topological polar surface area (TPSA) is 76.2 Å². The first-order chi connectivity index (χ1) is 18.8. The predicted octanol–water partition coefficient (Wildman–Crippen LogP) is 5.87. The second kappa shape index (κ2) is 12.6. The molecule has 0 unspecified atom stereocenters. The minimum atomic E-state index is -0.430. The number of carbonyl (C=O) groups excluding carboxylic acids is 3. The smallest absolute Gasteiger partial charge is 0.265 e. The molecule has 39 heavy (non-hydrogen) atoms. The van der Waals surface area contributed by atoms with Crippen molar-refractivity contribution in [1.82, 2.24) is 9.80 Å². The molecular weight excluding hydrogens is 492 g/mol. The van der Waals surface area contributed by atoms with Gasteiger partial charge in [0.2, 0.25) is 5.91 Å². The van der Waals surface area contributed by atoms with Crippen molar-refractivity contribution in [2.24, 2.45) is 0 Å². The second-order valence-electron chi connectivity index (χ2n) is 10.2. The SMILES string of the molecule is CC(C)N(C(=O)CCCN1C(=O)c2c(OCc3ccccc3)ccc(OCc3ccccc3)c2C1=O)C(C)C. The van der Waals surface area contributed by atoms with Crippen LogP contribution in [0.4, 0.5) is 0 Å². The molecule has 0 aromatic heterocycles. The number of benzene rings is 3. The summed E-state index contributed by atoms with van der Waals surface area (Å²) in [4.78, 5) is 43.0. The second-order valence-corrected chi connectivity index (χ2v) is 10.2. The Morgan fingerprint density at radius 3 is 1.56 bits per heavy atom. The third-order valence-electron chi connectivity index (χ3n) is 6.69. The van der Waals surface area contributed by atoms with E-state index in [9.17, 15) is 14.4 Å². The Bertz CT molecular complexity index is 1210. The molecule has 1 aliphatic heterocycles. The summed E-state index contributed by atoms with van der Waals surface area (Å²) < 4.78 is 12.1. The summed E-state index contributed by atoms with van der Waals surface area (Å²) in [6, 6.07) is 22.8. The Hall–Kier alpha value is -4.13. The first kappa shape index (κ1) is 27.9. The van der Waals surface area contributed by atoms with Gasteiger partial charge in [-0.2, -0.15) is 0 Å². The van der Waals surface area contributed by atoms with Crippen LogP contribution >= 0.6 is 0 Å². The number of ether oxygens (including phenoxy) is 2. The van der Waals surface area contributed by atoms with Gasteiger partial charge in [0.05, 0.1) is 11.1 Å². The minimum absolute atomic E-state index is 0.00961. The van der Waals surface area contributed by atoms with Gasteiger partial charge in [0.25, 0.3) is 11.8 Å². The van der Waals surface area contributed by atoms with E-state index in [1.807, 2.05) is 93.3 Å². The van der Waals surface area contributed by atoms with Crippen molar-refractivity contribution in [3.8, 4) is 11.5 Å². The van der Waals surface area contributed by atoms with E-state index in [0.717, 1.165) is 11.1 Å². The fourth-order valence-electron chi connectivity index (χ4n) is 4.96. The van der Waals surface area contributed by atoms with Crippen LogP contribution in [-0.2, 0) is 18.0 Å². The fraction of sp³-hybridized carbons (Fsp3) is 0.344. The van der Waals surface area contributed by atoms with E-state index in [1.165, 1.54) is 4.90 Å². The van der Waals surface area contributed by atoms with Crippen LogP contribution in [-0.4, -0.2) is 46.1 Å². The van der Waals surface area contributed by atoms with Gasteiger partial charge in [0.15, 0.2) is 0 Å². The number of rotatable bonds is 12. The molecule has 0 spiro atoms. The number of carbonyl (C=O) groups is 3. The highest BCUT2D eigenvalue weighted by Gasteiger charge is 2.41. The summed E-state index contributed by atoms with van der Waals surface area (Å²) in [7, 11) is 0. The van der Waals surface area contributed by atoms with Crippen LogP contribution < -0.4 is 9.47 Å². The monoisotopic (exact) mass is 528 g/mol. The minimum Gasteiger partial charge on any atom is -0.488 e. The average molecular weight is 529 g/mol. The molecule has 3 aromatic rings. The third kappa shape index (κ3) is 6.48. The third-order valence-corrected chi connectivity index (χ3v) is 6.69. The van der Waals surface area contributed by atoms with Crippen LogP contribution in [0.15, 0.2) is 72.8 Å². The molecule has 0 N–H and O–H groups in total. The quantitative estimate of drug-likeness (QED) is 0.275. The molecule has 204 valence electrons. The lowest BCUT2D eigenvalue weighted by atomic mass is 10.1. The van der Waals surface area contributed by atoms with E-state index in [4.69, 9.17) is 9.47 Å². The molecule has 0 saturated heterocycles. The van der Waals surface area contributed by atoms with Crippen molar-refractivity contribution >= 4 is 17.7 Å². The molecule has 7 nitrogen and oxygen atoms in total. The van der Waals surface area contributed by atoms with Gasteiger partial charge in [0.1, 0.15) is 24.7 Å². The summed E-state index contributed by atoms with van der Waals surface area (Å²) in [5.41, 5.74) is 2.31. The van der Waals surface area contributed by atoms with Crippen molar-refractivity contribution in [2.45, 2.75) is 65.8 Å². The van der Waals surface area contributed by atoms with Crippen LogP contribution in [0, 0.1) is 0 Å². The Balaban J connectivity index is 1.54. The largest absolute Gasteiger partial charge is 0.488 e. The standard InChI is InChI=1S/C32H36N2O5/c1-22(2)34(23(3)4)28(35)16-11-19-33-31(36)29-26(38-20-24-12-7-5-8-13-24)17-18-27(30(29)32(33)37)39-21-25-14-9-6-10-15-25/h5-10,12-15,17-18,22-23H,11,16,19-21H2,1-4H3. The molecule has 0 saturated carbocycles. The molecule has 3 amide bonds. The van der Waals surface area contributed by atoms with Crippen LogP contribution in [0.25, 0.3) is 0 Å². The van der Waals surface area contributed by atoms with Crippen LogP contribution in [0.3, 0.4) is 0 Å². The highest BCUT2D eigenvalue weighted by molar-refractivity contribution is 6.23. The first-order valence-corrected chi connectivity index (χ1v) is 13.5. The molecule has 0 radical (unpaired) electrons. The van der Waals surface area contributed by atoms with E-state index >= 15 is 0 Å². The molecule has 0 bridgehead atoms. The summed E-state index contributed by atoms with van der Waals surface area (Å²) >= 11 is 0. The predicted molar refractivity (Wildman–Crippen MR) is 150 cm³/mol. The molecule has 1 heterocycles. The number of hydrogen-bond acceptors (Lipinski definition) is 5. The van der Waals surface area contributed by atoms with Crippen LogP contribution in [0.5, 0.6) is 11.5 Å².